The molecule has 1 amide bonds. The van der Waals surface area contributed by atoms with Gasteiger partial charge in [0, 0.05) is 32.0 Å². The number of rotatable bonds is 7. The Labute approximate surface area is 181 Å². The third-order valence-corrected chi connectivity index (χ3v) is 5.89. The lowest BCUT2D eigenvalue weighted by molar-refractivity contribution is -0.921. The molecule has 0 atom stereocenters. The standard InChI is InChI=1S/C24H28N4O3/c1-27-22(26-21-9-5-4-8-20(21)24(27)30)10-11-23(29)25-16-18-6-2-3-7-19(18)17-28-12-14-31-15-13-28/h2-9H,10-17H2,1H3,(H,25,29)/p+1. The minimum absolute atomic E-state index is 0.0454. The van der Waals surface area contributed by atoms with Crippen LogP contribution < -0.4 is 15.8 Å². The maximum atomic E-state index is 12.5. The van der Waals surface area contributed by atoms with Crippen LogP contribution >= 0.6 is 0 Å². The zero-order valence-corrected chi connectivity index (χ0v) is 17.9. The largest absolute Gasteiger partial charge is 0.370 e. The summed E-state index contributed by atoms with van der Waals surface area (Å²) >= 11 is 0. The summed E-state index contributed by atoms with van der Waals surface area (Å²) in [6.07, 6.45) is 0.706. The predicted molar refractivity (Wildman–Crippen MR) is 119 cm³/mol. The molecule has 0 spiro atoms. The van der Waals surface area contributed by atoms with Gasteiger partial charge in [0.25, 0.3) is 5.56 Å². The minimum atomic E-state index is -0.0828. The monoisotopic (exact) mass is 421 g/mol. The van der Waals surface area contributed by atoms with Crippen molar-refractivity contribution in [1.29, 1.82) is 0 Å². The molecule has 2 N–H and O–H groups in total. The second kappa shape index (κ2) is 9.85. The van der Waals surface area contributed by atoms with Gasteiger partial charge in [0.2, 0.25) is 5.91 Å². The van der Waals surface area contributed by atoms with E-state index in [-0.39, 0.29) is 17.9 Å². The van der Waals surface area contributed by atoms with Gasteiger partial charge in [-0.05, 0) is 17.7 Å². The normalized spacial score (nSPS) is 14.6. The number of fused-ring (bicyclic) bond motifs is 1. The van der Waals surface area contributed by atoms with E-state index in [1.165, 1.54) is 15.0 Å². The first-order chi connectivity index (χ1) is 15.1. The van der Waals surface area contributed by atoms with Gasteiger partial charge >= 0.3 is 0 Å². The lowest BCUT2D eigenvalue weighted by Crippen LogP contribution is -3.12. The third-order valence-electron chi connectivity index (χ3n) is 5.89. The van der Waals surface area contributed by atoms with E-state index in [0.717, 1.165) is 38.4 Å². The summed E-state index contributed by atoms with van der Waals surface area (Å²) in [6, 6.07) is 15.6. The number of nitrogens with zero attached hydrogens (tertiary/aromatic N) is 2. The molecular formula is C24H29N4O3+. The molecule has 2 heterocycles. The number of aryl methyl sites for hydroxylation is 1. The third kappa shape index (κ3) is 5.18. The molecule has 31 heavy (non-hydrogen) atoms. The van der Waals surface area contributed by atoms with E-state index in [1.807, 2.05) is 30.3 Å². The van der Waals surface area contributed by atoms with E-state index in [2.05, 4.69) is 22.4 Å². The molecule has 0 aliphatic carbocycles. The van der Waals surface area contributed by atoms with Crippen LogP contribution in [0.15, 0.2) is 53.3 Å². The summed E-state index contributed by atoms with van der Waals surface area (Å²) < 4.78 is 6.98. The molecule has 0 unspecified atom stereocenters. The van der Waals surface area contributed by atoms with Gasteiger partial charge in [-0.1, -0.05) is 36.4 Å². The fourth-order valence-corrected chi connectivity index (χ4v) is 4.00. The lowest BCUT2D eigenvalue weighted by atomic mass is 10.1. The van der Waals surface area contributed by atoms with Gasteiger partial charge in [-0.2, -0.15) is 0 Å². The zero-order valence-electron chi connectivity index (χ0n) is 17.9. The van der Waals surface area contributed by atoms with Crippen LogP contribution in [0.4, 0.5) is 0 Å². The number of amides is 1. The number of aromatic nitrogens is 2. The fourth-order valence-electron chi connectivity index (χ4n) is 4.00. The van der Waals surface area contributed by atoms with Crippen molar-refractivity contribution in [3.63, 3.8) is 0 Å². The van der Waals surface area contributed by atoms with Crippen LogP contribution in [0.2, 0.25) is 0 Å². The van der Waals surface area contributed by atoms with E-state index in [1.54, 1.807) is 13.1 Å². The van der Waals surface area contributed by atoms with E-state index in [9.17, 15) is 9.59 Å². The number of nitrogens with one attached hydrogen (secondary N) is 2. The van der Waals surface area contributed by atoms with Crippen LogP contribution in [0.25, 0.3) is 10.9 Å². The van der Waals surface area contributed by atoms with Crippen LogP contribution in [0.3, 0.4) is 0 Å². The summed E-state index contributed by atoms with van der Waals surface area (Å²) in [4.78, 5) is 31.1. The van der Waals surface area contributed by atoms with Crippen molar-refractivity contribution in [2.45, 2.75) is 25.9 Å². The zero-order chi connectivity index (χ0) is 21.6. The topological polar surface area (TPSA) is 77.7 Å². The molecule has 1 fully saturated rings. The molecule has 7 nitrogen and oxygen atoms in total. The molecule has 4 rings (SSSR count). The molecule has 0 radical (unpaired) electrons. The summed E-state index contributed by atoms with van der Waals surface area (Å²) in [6.45, 7) is 5.08. The van der Waals surface area contributed by atoms with Crippen molar-refractivity contribution >= 4 is 16.8 Å². The number of morpholine rings is 1. The minimum Gasteiger partial charge on any atom is -0.370 e. The van der Waals surface area contributed by atoms with Gasteiger partial charge in [0.15, 0.2) is 0 Å². The van der Waals surface area contributed by atoms with Crippen molar-refractivity contribution in [3.05, 3.63) is 75.8 Å². The highest BCUT2D eigenvalue weighted by molar-refractivity contribution is 5.78. The van der Waals surface area contributed by atoms with E-state index in [0.29, 0.717) is 29.7 Å². The summed E-state index contributed by atoms with van der Waals surface area (Å²) in [5, 5.41) is 3.62. The number of carbonyl (C=O) groups excluding carboxylic acids is 1. The molecule has 7 heteroatoms. The number of ether oxygens (including phenoxy) is 1. The van der Waals surface area contributed by atoms with Crippen molar-refractivity contribution in [1.82, 2.24) is 14.9 Å². The van der Waals surface area contributed by atoms with Gasteiger partial charge in [-0.15, -0.1) is 0 Å². The molecule has 1 saturated heterocycles. The molecule has 1 aliphatic heterocycles. The Balaban J connectivity index is 1.36. The van der Waals surface area contributed by atoms with Crippen LogP contribution in [0.1, 0.15) is 23.4 Å². The van der Waals surface area contributed by atoms with E-state index in [4.69, 9.17) is 4.74 Å². The molecule has 1 aromatic heterocycles. The Hall–Kier alpha value is -3.03. The Morgan fingerprint density at radius 1 is 1.10 bits per heavy atom. The van der Waals surface area contributed by atoms with Crippen molar-refractivity contribution in [2.24, 2.45) is 7.05 Å². The van der Waals surface area contributed by atoms with Gasteiger partial charge in [-0.3, -0.25) is 14.2 Å². The Kier molecular flexibility index (Phi) is 6.74. The second-order valence-electron chi connectivity index (χ2n) is 7.99. The number of quaternary nitrogens is 1. The maximum absolute atomic E-state index is 12.5. The summed E-state index contributed by atoms with van der Waals surface area (Å²) in [7, 11) is 1.71. The van der Waals surface area contributed by atoms with Crippen LogP contribution in [0, 0.1) is 0 Å². The Morgan fingerprint density at radius 2 is 1.81 bits per heavy atom. The van der Waals surface area contributed by atoms with Gasteiger partial charge < -0.3 is 15.0 Å². The quantitative estimate of drug-likeness (QED) is 0.586. The SMILES string of the molecule is Cn1c(CCC(=O)NCc2ccccc2C[NH+]2CCOCC2)nc2ccccc2c1=O. The molecule has 0 saturated carbocycles. The Bertz CT molecular complexity index is 1120. The molecule has 2 aromatic carbocycles. The molecule has 1 aliphatic rings. The van der Waals surface area contributed by atoms with Crippen LogP contribution in [0.5, 0.6) is 0 Å². The summed E-state index contributed by atoms with van der Waals surface area (Å²) in [5.74, 6) is 0.575. The van der Waals surface area contributed by atoms with Crippen molar-refractivity contribution in [2.75, 3.05) is 26.3 Å². The number of carbonyl (C=O) groups is 1. The first kappa shape index (κ1) is 21.2. The first-order valence-electron chi connectivity index (χ1n) is 10.8. The highest BCUT2D eigenvalue weighted by Gasteiger charge is 2.16. The molecule has 3 aromatic rings. The fraction of sp³-hybridized carbons (Fsp3) is 0.375. The van der Waals surface area contributed by atoms with Crippen molar-refractivity contribution < 1.29 is 14.4 Å². The average molecular weight is 422 g/mol. The smallest absolute Gasteiger partial charge is 0.261 e. The Morgan fingerprint density at radius 3 is 2.61 bits per heavy atom. The molecule has 162 valence electrons. The van der Waals surface area contributed by atoms with Crippen molar-refractivity contribution in [3.8, 4) is 0 Å². The van der Waals surface area contributed by atoms with Gasteiger partial charge in [0.1, 0.15) is 25.5 Å². The first-order valence-corrected chi connectivity index (χ1v) is 10.8. The predicted octanol–water partition coefficient (Wildman–Crippen LogP) is 0.598. The van der Waals surface area contributed by atoms with Crippen LogP contribution in [-0.2, 0) is 36.1 Å². The number of benzene rings is 2. The second-order valence-corrected chi connectivity index (χ2v) is 7.99. The van der Waals surface area contributed by atoms with Gasteiger partial charge in [-0.25, -0.2) is 4.98 Å². The summed E-state index contributed by atoms with van der Waals surface area (Å²) in [5.41, 5.74) is 2.99. The average Bonchev–Trinajstić information content (AvgIpc) is 2.80. The molecule has 0 bridgehead atoms. The number of hydrogen-bond donors (Lipinski definition) is 2. The number of hydrogen-bond acceptors (Lipinski definition) is 4. The highest BCUT2D eigenvalue weighted by Crippen LogP contribution is 2.10. The maximum Gasteiger partial charge on any atom is 0.261 e. The van der Waals surface area contributed by atoms with Crippen LogP contribution in [-0.4, -0.2) is 41.8 Å². The van der Waals surface area contributed by atoms with Gasteiger partial charge in [0.05, 0.1) is 24.1 Å². The van der Waals surface area contributed by atoms with E-state index >= 15 is 0 Å². The lowest BCUT2D eigenvalue weighted by Gasteiger charge is -2.24. The van der Waals surface area contributed by atoms with E-state index < -0.39 is 0 Å². The molecular weight excluding hydrogens is 392 g/mol. The number of para-hydroxylation sites is 1. The highest BCUT2D eigenvalue weighted by atomic mass is 16.5.